The molecule has 3 rings (SSSR count). The van der Waals surface area contributed by atoms with Crippen LogP contribution >= 0.6 is 35.6 Å². The molecule has 0 saturated carbocycles. The van der Waals surface area contributed by atoms with Crippen LogP contribution in [0.3, 0.4) is 0 Å². The SMILES string of the molecule is CCNC(=NCc1ccccc1CN1CCCCC1)NCCc1ccc(Cl)nc1.I. The topological polar surface area (TPSA) is 52.6 Å². The summed E-state index contributed by atoms with van der Waals surface area (Å²) in [5.41, 5.74) is 3.85. The van der Waals surface area contributed by atoms with Crippen LogP contribution in [0.1, 0.15) is 42.9 Å². The second-order valence-corrected chi connectivity index (χ2v) is 7.85. The van der Waals surface area contributed by atoms with Crippen LogP contribution in [-0.2, 0) is 19.5 Å². The molecule has 2 heterocycles. The molecule has 0 atom stereocenters. The zero-order chi connectivity index (χ0) is 20.3. The van der Waals surface area contributed by atoms with E-state index in [2.05, 4.69) is 51.7 Å². The van der Waals surface area contributed by atoms with Crippen LogP contribution in [0.4, 0.5) is 0 Å². The number of aromatic nitrogens is 1. The molecule has 1 saturated heterocycles. The van der Waals surface area contributed by atoms with Crippen molar-refractivity contribution in [3.8, 4) is 0 Å². The molecule has 1 aliphatic rings. The van der Waals surface area contributed by atoms with Gasteiger partial charge in [-0.15, -0.1) is 24.0 Å². The summed E-state index contributed by atoms with van der Waals surface area (Å²) in [6, 6.07) is 12.5. The molecule has 1 aliphatic heterocycles. The number of rotatable bonds is 8. The van der Waals surface area contributed by atoms with Gasteiger partial charge in [0.05, 0.1) is 6.54 Å². The first-order valence-electron chi connectivity index (χ1n) is 10.7. The monoisotopic (exact) mass is 541 g/mol. The van der Waals surface area contributed by atoms with E-state index in [0.29, 0.717) is 11.7 Å². The minimum absolute atomic E-state index is 0. The Morgan fingerprint density at radius 3 is 2.53 bits per heavy atom. The predicted octanol–water partition coefficient (Wildman–Crippen LogP) is 4.64. The van der Waals surface area contributed by atoms with Gasteiger partial charge in [-0.25, -0.2) is 9.98 Å². The average molecular weight is 542 g/mol. The minimum atomic E-state index is 0. The number of hydrogen-bond acceptors (Lipinski definition) is 3. The summed E-state index contributed by atoms with van der Waals surface area (Å²) in [5.74, 6) is 0.849. The van der Waals surface area contributed by atoms with Crippen LogP contribution in [0.15, 0.2) is 47.6 Å². The van der Waals surface area contributed by atoms with Crippen molar-refractivity contribution >= 4 is 41.5 Å². The fourth-order valence-corrected chi connectivity index (χ4v) is 3.72. The van der Waals surface area contributed by atoms with Gasteiger partial charge in [-0.05, 0) is 62.0 Å². The first kappa shape index (κ1) is 24.9. The summed E-state index contributed by atoms with van der Waals surface area (Å²) in [4.78, 5) is 11.5. The van der Waals surface area contributed by atoms with Gasteiger partial charge in [0.15, 0.2) is 5.96 Å². The Kier molecular flexibility index (Phi) is 11.5. The normalized spacial score (nSPS) is 14.8. The zero-order valence-corrected chi connectivity index (χ0v) is 20.8. The lowest BCUT2D eigenvalue weighted by Crippen LogP contribution is -2.38. The lowest BCUT2D eigenvalue weighted by atomic mass is 10.1. The molecule has 0 spiro atoms. The molecule has 2 N–H and O–H groups in total. The van der Waals surface area contributed by atoms with Crippen molar-refractivity contribution in [1.29, 1.82) is 0 Å². The van der Waals surface area contributed by atoms with E-state index in [4.69, 9.17) is 16.6 Å². The highest BCUT2D eigenvalue weighted by Gasteiger charge is 2.12. The van der Waals surface area contributed by atoms with Crippen LogP contribution in [0, 0.1) is 0 Å². The Morgan fingerprint density at radius 2 is 1.83 bits per heavy atom. The fraction of sp³-hybridized carbons (Fsp3) is 0.478. The molecular weight excluding hydrogens is 509 g/mol. The predicted molar refractivity (Wildman–Crippen MR) is 137 cm³/mol. The van der Waals surface area contributed by atoms with Gasteiger partial charge in [0.2, 0.25) is 0 Å². The summed E-state index contributed by atoms with van der Waals surface area (Å²) >= 11 is 5.85. The Balaban J connectivity index is 0.00000320. The van der Waals surface area contributed by atoms with Gasteiger partial charge >= 0.3 is 0 Å². The Hall–Kier alpha value is -1.38. The number of pyridine rings is 1. The van der Waals surface area contributed by atoms with Gasteiger partial charge in [-0.3, -0.25) is 4.90 Å². The van der Waals surface area contributed by atoms with E-state index in [1.165, 1.54) is 43.5 Å². The maximum Gasteiger partial charge on any atom is 0.191 e. The van der Waals surface area contributed by atoms with E-state index in [1.807, 2.05) is 18.3 Å². The lowest BCUT2D eigenvalue weighted by Gasteiger charge is -2.27. The lowest BCUT2D eigenvalue weighted by molar-refractivity contribution is 0.220. The molecule has 0 aliphatic carbocycles. The van der Waals surface area contributed by atoms with Crippen LogP contribution in [0.2, 0.25) is 5.15 Å². The van der Waals surface area contributed by atoms with E-state index in [1.54, 1.807) is 0 Å². The molecule has 5 nitrogen and oxygen atoms in total. The number of likely N-dealkylation sites (tertiary alicyclic amines) is 1. The van der Waals surface area contributed by atoms with Crippen molar-refractivity contribution in [1.82, 2.24) is 20.5 Å². The summed E-state index contributed by atoms with van der Waals surface area (Å²) in [7, 11) is 0. The zero-order valence-electron chi connectivity index (χ0n) is 17.7. The quantitative estimate of drug-likeness (QED) is 0.221. The Labute approximate surface area is 202 Å². The van der Waals surface area contributed by atoms with Gasteiger partial charge in [-0.2, -0.15) is 0 Å². The van der Waals surface area contributed by atoms with Gasteiger partial charge in [0.25, 0.3) is 0 Å². The second kappa shape index (κ2) is 13.8. The first-order valence-corrected chi connectivity index (χ1v) is 11.0. The van der Waals surface area contributed by atoms with Gasteiger partial charge < -0.3 is 10.6 Å². The third-order valence-electron chi connectivity index (χ3n) is 5.21. The van der Waals surface area contributed by atoms with E-state index in [9.17, 15) is 0 Å². The number of hydrogen-bond donors (Lipinski definition) is 2. The molecule has 0 amide bonds. The highest BCUT2D eigenvalue weighted by atomic mass is 127. The van der Waals surface area contributed by atoms with Crippen molar-refractivity contribution in [2.24, 2.45) is 4.99 Å². The molecule has 30 heavy (non-hydrogen) atoms. The van der Waals surface area contributed by atoms with Gasteiger partial charge in [0.1, 0.15) is 5.15 Å². The van der Waals surface area contributed by atoms with E-state index in [0.717, 1.165) is 37.6 Å². The maximum absolute atomic E-state index is 5.85. The summed E-state index contributed by atoms with van der Waals surface area (Å²) < 4.78 is 0. The second-order valence-electron chi connectivity index (χ2n) is 7.47. The number of piperidine rings is 1. The highest BCUT2D eigenvalue weighted by Crippen LogP contribution is 2.17. The van der Waals surface area contributed by atoms with Crippen molar-refractivity contribution in [2.75, 3.05) is 26.2 Å². The van der Waals surface area contributed by atoms with Crippen molar-refractivity contribution in [2.45, 2.75) is 45.7 Å². The Bertz CT molecular complexity index is 775. The van der Waals surface area contributed by atoms with Crippen molar-refractivity contribution in [3.05, 3.63) is 64.4 Å². The molecule has 1 aromatic carbocycles. The fourth-order valence-electron chi connectivity index (χ4n) is 3.61. The van der Waals surface area contributed by atoms with Gasteiger partial charge in [0, 0.05) is 25.8 Å². The Morgan fingerprint density at radius 1 is 1.07 bits per heavy atom. The number of guanidine groups is 1. The van der Waals surface area contributed by atoms with Crippen LogP contribution < -0.4 is 10.6 Å². The molecule has 0 radical (unpaired) electrons. The summed E-state index contributed by atoms with van der Waals surface area (Å²) in [6.45, 7) is 7.85. The number of nitrogens with zero attached hydrogens (tertiary/aromatic N) is 3. The highest BCUT2D eigenvalue weighted by molar-refractivity contribution is 14.0. The number of nitrogens with one attached hydrogen (secondary N) is 2. The summed E-state index contributed by atoms with van der Waals surface area (Å²) in [5, 5.41) is 7.29. The number of aliphatic imine (C=N–C) groups is 1. The molecule has 164 valence electrons. The standard InChI is InChI=1S/C23H32ClN5.HI/c1-2-25-23(26-13-12-19-10-11-22(24)27-16-19)28-17-20-8-4-5-9-21(20)18-29-14-6-3-7-15-29;/h4-5,8-11,16H,2-3,6-7,12-15,17-18H2,1H3,(H2,25,26,28);1H. The molecule has 1 fully saturated rings. The molecule has 0 bridgehead atoms. The smallest absolute Gasteiger partial charge is 0.191 e. The van der Waals surface area contributed by atoms with E-state index in [-0.39, 0.29) is 24.0 Å². The van der Waals surface area contributed by atoms with Gasteiger partial charge in [-0.1, -0.05) is 48.4 Å². The van der Waals surface area contributed by atoms with Crippen LogP contribution in [0.5, 0.6) is 0 Å². The average Bonchev–Trinajstić information content (AvgIpc) is 2.75. The molecule has 1 aromatic heterocycles. The number of benzene rings is 1. The van der Waals surface area contributed by atoms with Crippen LogP contribution in [0.25, 0.3) is 0 Å². The minimum Gasteiger partial charge on any atom is -0.357 e. The maximum atomic E-state index is 5.85. The van der Waals surface area contributed by atoms with Crippen molar-refractivity contribution in [3.63, 3.8) is 0 Å². The van der Waals surface area contributed by atoms with Crippen molar-refractivity contribution < 1.29 is 0 Å². The van der Waals surface area contributed by atoms with E-state index < -0.39 is 0 Å². The third-order valence-corrected chi connectivity index (χ3v) is 5.43. The number of halogens is 2. The third kappa shape index (κ3) is 8.40. The summed E-state index contributed by atoms with van der Waals surface area (Å²) in [6.07, 6.45) is 6.70. The van der Waals surface area contributed by atoms with Crippen LogP contribution in [-0.4, -0.2) is 42.0 Å². The largest absolute Gasteiger partial charge is 0.357 e. The molecular formula is C23H33ClIN5. The molecule has 2 aromatic rings. The van der Waals surface area contributed by atoms with E-state index >= 15 is 0 Å². The first-order chi connectivity index (χ1) is 14.2. The molecule has 0 unspecified atom stereocenters. The molecule has 7 heteroatoms.